The fourth-order valence-corrected chi connectivity index (χ4v) is 9.26. The Morgan fingerprint density at radius 2 is 1.32 bits per heavy atom. The second-order valence-corrected chi connectivity index (χ2v) is 17.5. The summed E-state index contributed by atoms with van der Waals surface area (Å²) in [5.41, 5.74) is 4.95. The molecule has 358 valence electrons. The number of thiocarbonyl (C=S) groups is 1. The highest BCUT2D eigenvalue weighted by atomic mass is 32.2. The van der Waals surface area contributed by atoms with E-state index >= 15 is 0 Å². The first-order valence-corrected chi connectivity index (χ1v) is 23.1. The maximum absolute atomic E-state index is 12.3. The van der Waals surface area contributed by atoms with Crippen LogP contribution in [0.4, 0.5) is 0 Å². The van der Waals surface area contributed by atoms with Gasteiger partial charge in [0.1, 0.15) is 24.6 Å². The van der Waals surface area contributed by atoms with E-state index in [0.717, 1.165) is 41.7 Å². The van der Waals surface area contributed by atoms with Crippen molar-refractivity contribution in [2.45, 2.75) is 107 Å². The van der Waals surface area contributed by atoms with E-state index in [2.05, 4.69) is 20.8 Å². The number of nitrogens with zero attached hydrogens (tertiary/aromatic N) is 4. The lowest BCUT2D eigenvalue weighted by molar-refractivity contribution is -0.255. The van der Waals surface area contributed by atoms with Crippen molar-refractivity contribution in [3.8, 4) is 11.4 Å². The van der Waals surface area contributed by atoms with Gasteiger partial charge in [0.15, 0.2) is 24.6 Å². The van der Waals surface area contributed by atoms with Gasteiger partial charge in [-0.25, -0.2) is 0 Å². The standard InChI is InChI=1S/C48H51N5O13S2/c1-27(55)60-25-39-45(62-29(3)57)46(63-30(4)58)44(61-28(2)56)38(64-39)22-41(67)49-23-31-10-16-35(17-11-31)47-65-40(26-68-48-50-51-52-53(48)36-18-20-37(59)21-19-36)42(33-8-6-5-7-9-33)43(66-47)34-14-12-32(24-54)13-15-34/h5-21,38-40,42-47,54,59H,22-26H2,1-4H3,(H,49,67)/t38-,39+,40+,42+,43-,44-,45+,46+,47?/m0/s1. The van der Waals surface area contributed by atoms with Gasteiger partial charge in [0.25, 0.3) is 0 Å². The number of phenols is 1. The van der Waals surface area contributed by atoms with Crippen LogP contribution in [0, 0.1) is 0 Å². The lowest BCUT2D eigenvalue weighted by Crippen LogP contribution is -2.62. The predicted octanol–water partition coefficient (Wildman–Crippen LogP) is 5.52. The third-order valence-electron chi connectivity index (χ3n) is 11.1. The minimum absolute atomic E-state index is 0.0137. The molecule has 0 saturated carbocycles. The predicted molar refractivity (Wildman–Crippen MR) is 247 cm³/mol. The van der Waals surface area contributed by atoms with Crippen molar-refractivity contribution in [1.82, 2.24) is 25.5 Å². The van der Waals surface area contributed by atoms with Crippen molar-refractivity contribution in [2.75, 3.05) is 12.4 Å². The number of carbonyl (C=O) groups is 4. The zero-order chi connectivity index (χ0) is 48.3. The number of nitrogens with one attached hydrogen (secondary N) is 1. The number of benzene rings is 4. The number of thioether (sulfide) groups is 1. The van der Waals surface area contributed by atoms with Crippen LogP contribution in [0.1, 0.15) is 80.2 Å². The second-order valence-electron chi connectivity index (χ2n) is 16.1. The summed E-state index contributed by atoms with van der Waals surface area (Å²) in [4.78, 5) is 48.8. The Labute approximate surface area is 401 Å². The van der Waals surface area contributed by atoms with Crippen LogP contribution in [0.15, 0.2) is 108 Å². The molecule has 9 atom stereocenters. The molecule has 2 saturated heterocycles. The lowest BCUT2D eigenvalue weighted by Gasteiger charge is -2.44. The fraction of sp³-hybridized carbons (Fsp3) is 0.375. The van der Waals surface area contributed by atoms with Crippen LogP contribution in [-0.4, -0.2) is 108 Å². The first-order chi connectivity index (χ1) is 32.8. The normalized spacial score (nSPS) is 23.5. The van der Waals surface area contributed by atoms with Crippen LogP contribution in [-0.2, 0) is 65.5 Å². The van der Waals surface area contributed by atoms with E-state index in [9.17, 15) is 29.4 Å². The number of phenolic OH excluding ortho intramolecular Hbond substituents is 1. The largest absolute Gasteiger partial charge is 0.508 e. The van der Waals surface area contributed by atoms with Gasteiger partial charge in [-0.2, -0.15) is 4.68 Å². The summed E-state index contributed by atoms with van der Waals surface area (Å²) in [5.74, 6) is -2.49. The molecule has 2 aliphatic rings. The van der Waals surface area contributed by atoms with Crippen LogP contribution >= 0.6 is 24.0 Å². The Morgan fingerprint density at radius 1 is 0.706 bits per heavy atom. The van der Waals surface area contributed by atoms with Crippen LogP contribution in [0.25, 0.3) is 5.69 Å². The highest BCUT2D eigenvalue weighted by molar-refractivity contribution is 7.99. The third kappa shape index (κ3) is 12.8. The summed E-state index contributed by atoms with van der Waals surface area (Å²) in [6, 6.07) is 31.9. The molecule has 3 heterocycles. The Hall–Kier alpha value is -6.29. The minimum Gasteiger partial charge on any atom is -0.508 e. The zero-order valence-electron chi connectivity index (χ0n) is 37.5. The molecule has 7 rings (SSSR count). The summed E-state index contributed by atoms with van der Waals surface area (Å²) in [6.07, 6.45) is -7.63. The number of hydrogen-bond acceptors (Lipinski definition) is 18. The molecule has 0 amide bonds. The van der Waals surface area contributed by atoms with Crippen molar-refractivity contribution in [3.05, 3.63) is 131 Å². The van der Waals surface area contributed by atoms with Gasteiger partial charge < -0.3 is 48.7 Å². The van der Waals surface area contributed by atoms with Crippen molar-refractivity contribution in [3.63, 3.8) is 0 Å². The second kappa shape index (κ2) is 23.1. The summed E-state index contributed by atoms with van der Waals surface area (Å²) in [5, 5.41) is 35.9. The summed E-state index contributed by atoms with van der Waals surface area (Å²) in [6.45, 7) is 4.54. The summed E-state index contributed by atoms with van der Waals surface area (Å²) in [7, 11) is 0. The van der Waals surface area contributed by atoms with Gasteiger partial charge in [0.05, 0.1) is 29.5 Å². The van der Waals surface area contributed by atoms with Gasteiger partial charge in [-0.05, 0) is 56.9 Å². The Kier molecular flexibility index (Phi) is 16.9. The molecule has 1 aromatic heterocycles. The maximum Gasteiger partial charge on any atom is 0.303 e. The number of aromatic hydroxyl groups is 1. The van der Waals surface area contributed by atoms with E-state index in [1.54, 1.807) is 28.9 Å². The van der Waals surface area contributed by atoms with Crippen molar-refractivity contribution < 1.29 is 62.5 Å². The molecule has 18 nitrogen and oxygen atoms in total. The number of esters is 4. The number of aliphatic hydroxyl groups is 1. The molecule has 0 spiro atoms. The van der Waals surface area contributed by atoms with Gasteiger partial charge in [-0.1, -0.05) is 103 Å². The first-order valence-electron chi connectivity index (χ1n) is 21.7. The average Bonchev–Trinajstić information content (AvgIpc) is 3.80. The molecule has 0 aliphatic carbocycles. The Bertz CT molecular complexity index is 2510. The Balaban J connectivity index is 1.09. The van der Waals surface area contributed by atoms with Crippen LogP contribution in [0.5, 0.6) is 5.75 Å². The highest BCUT2D eigenvalue weighted by Crippen LogP contribution is 2.48. The number of rotatable bonds is 17. The van der Waals surface area contributed by atoms with Gasteiger partial charge in [0, 0.05) is 57.9 Å². The molecule has 2 aliphatic heterocycles. The molecule has 0 radical (unpaired) electrons. The molecule has 4 aromatic carbocycles. The van der Waals surface area contributed by atoms with Crippen molar-refractivity contribution >= 4 is 52.8 Å². The highest BCUT2D eigenvalue weighted by Gasteiger charge is 2.52. The zero-order valence-corrected chi connectivity index (χ0v) is 39.2. The molecule has 20 heteroatoms. The monoisotopic (exact) mass is 969 g/mol. The fourth-order valence-electron chi connectivity index (χ4n) is 8.06. The van der Waals surface area contributed by atoms with Gasteiger partial charge >= 0.3 is 23.9 Å². The number of carbonyl (C=O) groups excluding carboxylic acids is 4. The molecule has 68 heavy (non-hydrogen) atoms. The number of hydrogen-bond donors (Lipinski definition) is 3. The van der Waals surface area contributed by atoms with Gasteiger partial charge in [-0.15, -0.1) is 5.10 Å². The molecular formula is C48H51N5O13S2. The number of tetrazole rings is 1. The lowest BCUT2D eigenvalue weighted by atomic mass is 9.84. The molecule has 2 fully saturated rings. The van der Waals surface area contributed by atoms with E-state index in [0.29, 0.717) is 21.6 Å². The Morgan fingerprint density at radius 3 is 1.96 bits per heavy atom. The van der Waals surface area contributed by atoms with Crippen LogP contribution in [0.3, 0.4) is 0 Å². The van der Waals surface area contributed by atoms with Crippen molar-refractivity contribution in [2.24, 2.45) is 0 Å². The molecule has 3 N–H and O–H groups in total. The quantitative estimate of drug-likeness (QED) is 0.0451. The average molecular weight is 970 g/mol. The number of ether oxygens (including phenoxy) is 7. The van der Waals surface area contributed by atoms with Crippen LogP contribution < -0.4 is 5.32 Å². The molecule has 0 bridgehead atoms. The number of aliphatic hydroxyl groups excluding tert-OH is 1. The van der Waals surface area contributed by atoms with E-state index in [4.69, 9.17) is 45.4 Å². The van der Waals surface area contributed by atoms with Crippen molar-refractivity contribution in [1.29, 1.82) is 0 Å². The smallest absolute Gasteiger partial charge is 0.303 e. The van der Waals surface area contributed by atoms with Crippen LogP contribution in [0.2, 0.25) is 0 Å². The summed E-state index contributed by atoms with van der Waals surface area (Å²) < 4.78 is 43.5. The van der Waals surface area contributed by atoms with Gasteiger partial charge in [-0.3, -0.25) is 19.2 Å². The molecule has 5 aromatic rings. The SMILES string of the molecule is CC(=O)OC[C@H]1O[C@@H](CC(=S)NCc2ccc(C3O[C@H](CSc4nnnn4-c4ccc(O)cc4)[C@@H](c4ccccc4)[C@H](c4ccc(CO)cc4)O3)cc2)[C@H](OC(C)=O)[C@@H](OC(C)=O)[C@@H]1OC(C)=O. The molecule has 1 unspecified atom stereocenters. The molecular weight excluding hydrogens is 919 g/mol. The van der Waals surface area contributed by atoms with E-state index < -0.39 is 72.9 Å². The van der Waals surface area contributed by atoms with Gasteiger partial charge in [0.2, 0.25) is 5.16 Å². The summed E-state index contributed by atoms with van der Waals surface area (Å²) >= 11 is 7.17. The van der Waals surface area contributed by atoms with E-state index in [-0.39, 0.29) is 37.8 Å². The topological polar surface area (TPSA) is 229 Å². The minimum atomic E-state index is -1.30. The number of aromatic nitrogens is 4. The van der Waals surface area contributed by atoms with E-state index in [1.807, 2.05) is 78.9 Å². The van der Waals surface area contributed by atoms with E-state index in [1.165, 1.54) is 25.6 Å². The first kappa shape index (κ1) is 49.6. The maximum atomic E-state index is 12.3. The third-order valence-corrected chi connectivity index (χ3v) is 12.4.